The van der Waals surface area contributed by atoms with Gasteiger partial charge in [0.05, 0.1) is 5.52 Å². The van der Waals surface area contributed by atoms with Crippen LogP contribution in [-0.4, -0.2) is 24.9 Å². The minimum Gasteiger partial charge on any atom is -0.378 e. The minimum absolute atomic E-state index is 0.748. The molecule has 1 aromatic heterocycles. The Morgan fingerprint density at radius 2 is 2.07 bits per heavy atom. The molecule has 0 saturated carbocycles. The lowest BCUT2D eigenvalue weighted by atomic mass is 10.1. The van der Waals surface area contributed by atoms with Gasteiger partial charge in [-0.2, -0.15) is 0 Å². The van der Waals surface area contributed by atoms with Gasteiger partial charge in [0.2, 0.25) is 0 Å². The van der Waals surface area contributed by atoms with Crippen molar-refractivity contribution < 1.29 is 4.79 Å². The number of benzene rings is 1. The summed E-state index contributed by atoms with van der Waals surface area (Å²) in [6, 6.07) is 6.10. The van der Waals surface area contributed by atoms with Crippen LogP contribution in [0.15, 0.2) is 24.4 Å². The Morgan fingerprint density at radius 1 is 1.33 bits per heavy atom. The van der Waals surface area contributed by atoms with Crippen LogP contribution >= 0.6 is 0 Å². The van der Waals surface area contributed by atoms with E-state index in [1.54, 1.807) is 0 Å². The van der Waals surface area contributed by atoms with E-state index in [2.05, 4.69) is 6.07 Å². The van der Waals surface area contributed by atoms with Crippen LogP contribution < -0.4 is 4.90 Å². The van der Waals surface area contributed by atoms with E-state index in [-0.39, 0.29) is 0 Å². The average molecular weight is 202 g/mol. The SMILES string of the molecule is CN(C)c1ccc2c(C=O)cn(C)c2c1. The molecular formula is C12H14N2O. The number of carbonyl (C=O) groups excluding carboxylic acids is 1. The molecule has 0 unspecified atom stereocenters. The first-order chi connectivity index (χ1) is 7.13. The average Bonchev–Trinajstić information content (AvgIpc) is 2.55. The molecule has 0 fully saturated rings. The van der Waals surface area contributed by atoms with Crippen molar-refractivity contribution in [3.63, 3.8) is 0 Å². The van der Waals surface area contributed by atoms with Crippen molar-refractivity contribution in [1.29, 1.82) is 0 Å². The van der Waals surface area contributed by atoms with Gasteiger partial charge in [0.25, 0.3) is 0 Å². The van der Waals surface area contributed by atoms with E-state index in [1.807, 2.05) is 48.9 Å². The van der Waals surface area contributed by atoms with Gasteiger partial charge in [-0.1, -0.05) is 6.07 Å². The van der Waals surface area contributed by atoms with Gasteiger partial charge in [0.15, 0.2) is 6.29 Å². The number of hydrogen-bond donors (Lipinski definition) is 0. The molecule has 0 aliphatic carbocycles. The van der Waals surface area contributed by atoms with Crippen molar-refractivity contribution in [2.45, 2.75) is 0 Å². The molecule has 15 heavy (non-hydrogen) atoms. The number of fused-ring (bicyclic) bond motifs is 1. The van der Waals surface area contributed by atoms with Gasteiger partial charge in [-0.3, -0.25) is 4.79 Å². The van der Waals surface area contributed by atoms with Crippen LogP contribution in [0.2, 0.25) is 0 Å². The Bertz CT molecular complexity index is 512. The molecule has 0 saturated heterocycles. The lowest BCUT2D eigenvalue weighted by Crippen LogP contribution is -2.08. The van der Waals surface area contributed by atoms with Crippen molar-refractivity contribution in [3.05, 3.63) is 30.0 Å². The molecule has 1 heterocycles. The zero-order chi connectivity index (χ0) is 11.0. The highest BCUT2D eigenvalue weighted by Crippen LogP contribution is 2.24. The maximum absolute atomic E-state index is 10.8. The number of anilines is 1. The highest BCUT2D eigenvalue weighted by atomic mass is 16.1. The second kappa shape index (κ2) is 3.42. The maximum atomic E-state index is 10.8. The van der Waals surface area contributed by atoms with E-state index in [4.69, 9.17) is 0 Å². The van der Waals surface area contributed by atoms with Crippen molar-refractivity contribution in [2.24, 2.45) is 7.05 Å². The second-order valence-corrected chi connectivity index (χ2v) is 3.91. The summed E-state index contributed by atoms with van der Waals surface area (Å²) < 4.78 is 1.98. The molecule has 0 spiro atoms. The molecule has 3 nitrogen and oxygen atoms in total. The Labute approximate surface area is 88.9 Å². The molecule has 0 aliphatic rings. The smallest absolute Gasteiger partial charge is 0.152 e. The standard InChI is InChI=1S/C12H14N2O/c1-13(2)10-4-5-11-9(8-15)7-14(3)12(11)6-10/h4-8H,1-3H3. The number of hydrogen-bond acceptors (Lipinski definition) is 2. The van der Waals surface area contributed by atoms with Crippen LogP contribution in [0.5, 0.6) is 0 Å². The summed E-state index contributed by atoms with van der Waals surface area (Å²) in [5, 5.41) is 1.01. The fraction of sp³-hybridized carbons (Fsp3) is 0.250. The molecule has 3 heteroatoms. The normalized spacial score (nSPS) is 10.6. The summed E-state index contributed by atoms with van der Waals surface area (Å²) in [4.78, 5) is 12.9. The first-order valence-electron chi connectivity index (χ1n) is 4.85. The number of aldehydes is 1. The molecule has 78 valence electrons. The molecule has 0 bridgehead atoms. The third-order valence-corrected chi connectivity index (χ3v) is 2.65. The van der Waals surface area contributed by atoms with Crippen LogP contribution in [0, 0.1) is 0 Å². The van der Waals surface area contributed by atoms with E-state index in [1.165, 1.54) is 0 Å². The monoisotopic (exact) mass is 202 g/mol. The summed E-state index contributed by atoms with van der Waals surface area (Å²) in [5.41, 5.74) is 2.97. The fourth-order valence-electron chi connectivity index (χ4n) is 1.78. The van der Waals surface area contributed by atoms with Crippen molar-refractivity contribution in [1.82, 2.24) is 4.57 Å². The van der Waals surface area contributed by atoms with Crippen LogP contribution in [-0.2, 0) is 7.05 Å². The molecule has 1 aromatic carbocycles. The number of nitrogens with zero attached hydrogens (tertiary/aromatic N) is 2. The maximum Gasteiger partial charge on any atom is 0.152 e. The van der Waals surface area contributed by atoms with Gasteiger partial charge in [-0.05, 0) is 12.1 Å². The summed E-state index contributed by atoms with van der Waals surface area (Å²) in [7, 11) is 5.96. The van der Waals surface area contributed by atoms with Crippen LogP contribution in [0.1, 0.15) is 10.4 Å². The predicted molar refractivity (Wildman–Crippen MR) is 62.6 cm³/mol. The molecule has 2 rings (SSSR count). The molecule has 0 amide bonds. The topological polar surface area (TPSA) is 25.2 Å². The number of aryl methyl sites for hydroxylation is 1. The summed E-state index contributed by atoms with van der Waals surface area (Å²) in [6.07, 6.45) is 2.76. The highest BCUT2D eigenvalue weighted by molar-refractivity contribution is 5.98. The van der Waals surface area contributed by atoms with E-state index < -0.39 is 0 Å². The number of aromatic nitrogens is 1. The first kappa shape index (κ1) is 9.77. The molecular weight excluding hydrogens is 188 g/mol. The second-order valence-electron chi connectivity index (χ2n) is 3.91. The van der Waals surface area contributed by atoms with Crippen molar-refractivity contribution in [2.75, 3.05) is 19.0 Å². The van der Waals surface area contributed by atoms with Crippen LogP contribution in [0.25, 0.3) is 10.9 Å². The Hall–Kier alpha value is -1.77. The van der Waals surface area contributed by atoms with Gasteiger partial charge in [-0.25, -0.2) is 0 Å². The molecule has 2 aromatic rings. The van der Waals surface area contributed by atoms with Gasteiger partial charge in [-0.15, -0.1) is 0 Å². The molecule has 0 radical (unpaired) electrons. The zero-order valence-electron chi connectivity index (χ0n) is 9.19. The molecule has 0 atom stereocenters. The fourth-order valence-corrected chi connectivity index (χ4v) is 1.78. The Morgan fingerprint density at radius 3 is 2.67 bits per heavy atom. The van der Waals surface area contributed by atoms with E-state index in [0.717, 1.165) is 28.4 Å². The Balaban J connectivity index is 2.72. The van der Waals surface area contributed by atoms with Gasteiger partial charge in [0, 0.05) is 44.0 Å². The summed E-state index contributed by atoms with van der Waals surface area (Å²) in [5.74, 6) is 0. The number of carbonyl (C=O) groups is 1. The third kappa shape index (κ3) is 1.50. The predicted octanol–water partition coefficient (Wildman–Crippen LogP) is 2.06. The highest BCUT2D eigenvalue weighted by Gasteiger charge is 2.06. The number of rotatable bonds is 2. The van der Waals surface area contributed by atoms with Gasteiger partial charge < -0.3 is 9.47 Å². The van der Waals surface area contributed by atoms with E-state index in [9.17, 15) is 4.79 Å². The minimum atomic E-state index is 0.748. The third-order valence-electron chi connectivity index (χ3n) is 2.65. The van der Waals surface area contributed by atoms with Crippen molar-refractivity contribution in [3.8, 4) is 0 Å². The zero-order valence-corrected chi connectivity index (χ0v) is 9.19. The molecule has 0 N–H and O–H groups in total. The summed E-state index contributed by atoms with van der Waals surface area (Å²) in [6.45, 7) is 0. The largest absolute Gasteiger partial charge is 0.378 e. The summed E-state index contributed by atoms with van der Waals surface area (Å²) >= 11 is 0. The molecule has 0 aliphatic heterocycles. The first-order valence-corrected chi connectivity index (χ1v) is 4.85. The van der Waals surface area contributed by atoms with Crippen LogP contribution in [0.3, 0.4) is 0 Å². The lowest BCUT2D eigenvalue weighted by Gasteiger charge is -2.12. The quantitative estimate of drug-likeness (QED) is 0.696. The Kier molecular flexibility index (Phi) is 2.23. The van der Waals surface area contributed by atoms with Crippen LogP contribution in [0.4, 0.5) is 5.69 Å². The van der Waals surface area contributed by atoms with E-state index >= 15 is 0 Å². The van der Waals surface area contributed by atoms with Crippen molar-refractivity contribution >= 4 is 22.9 Å². The lowest BCUT2D eigenvalue weighted by molar-refractivity contribution is 0.112. The van der Waals surface area contributed by atoms with Gasteiger partial charge >= 0.3 is 0 Å². The van der Waals surface area contributed by atoms with Gasteiger partial charge in [0.1, 0.15) is 0 Å². The van der Waals surface area contributed by atoms with E-state index in [0.29, 0.717) is 0 Å².